The van der Waals surface area contributed by atoms with Crippen molar-refractivity contribution in [3.63, 3.8) is 0 Å². The van der Waals surface area contributed by atoms with Gasteiger partial charge in [-0.15, -0.1) is 6.58 Å². The summed E-state index contributed by atoms with van der Waals surface area (Å²) in [4.78, 5) is 13.3. The monoisotopic (exact) mass is 185 g/mol. The number of rotatable bonds is 6. The first-order valence-corrected chi connectivity index (χ1v) is 4.45. The number of methoxy groups -OCH3 is 1. The largest absolute Gasteiger partial charge is 0.469 e. The predicted molar refractivity (Wildman–Crippen MR) is 53.5 cm³/mol. The number of ether oxygens (including phenoxy) is 1. The normalized spacial score (nSPS) is 12.6. The number of hydrogen-bond acceptors (Lipinski definition) is 3. The van der Waals surface area contributed by atoms with Gasteiger partial charge in [0.25, 0.3) is 0 Å². The van der Waals surface area contributed by atoms with Gasteiger partial charge in [0.2, 0.25) is 0 Å². The number of hydrogen-bond donors (Lipinski definition) is 0. The Bertz CT molecular complexity index is 166. The molecule has 0 bridgehead atoms. The summed E-state index contributed by atoms with van der Waals surface area (Å²) in [5.41, 5.74) is 0. The maximum absolute atomic E-state index is 11.2. The van der Waals surface area contributed by atoms with Crippen LogP contribution in [0.15, 0.2) is 12.7 Å². The van der Waals surface area contributed by atoms with Crippen LogP contribution in [0, 0.1) is 5.92 Å². The summed E-state index contributed by atoms with van der Waals surface area (Å²) in [5.74, 6) is -0.174. The molecule has 0 aliphatic heterocycles. The first-order chi connectivity index (χ1) is 6.11. The van der Waals surface area contributed by atoms with Crippen LogP contribution in [-0.4, -0.2) is 38.6 Å². The molecular weight excluding hydrogens is 166 g/mol. The lowest BCUT2D eigenvalue weighted by Gasteiger charge is -2.15. The van der Waals surface area contributed by atoms with Crippen molar-refractivity contribution in [2.24, 2.45) is 5.92 Å². The second-order valence-electron chi connectivity index (χ2n) is 3.34. The van der Waals surface area contributed by atoms with Gasteiger partial charge in [0.1, 0.15) is 0 Å². The van der Waals surface area contributed by atoms with Gasteiger partial charge in [0.05, 0.1) is 13.0 Å². The van der Waals surface area contributed by atoms with Gasteiger partial charge in [-0.1, -0.05) is 6.08 Å². The average Bonchev–Trinajstić information content (AvgIpc) is 2.10. The van der Waals surface area contributed by atoms with E-state index < -0.39 is 0 Å². The molecule has 0 N–H and O–H groups in total. The maximum Gasteiger partial charge on any atom is 0.309 e. The van der Waals surface area contributed by atoms with Crippen molar-refractivity contribution >= 4 is 5.97 Å². The van der Waals surface area contributed by atoms with Crippen LogP contribution in [0.2, 0.25) is 0 Å². The lowest BCUT2D eigenvalue weighted by Crippen LogP contribution is -2.22. The molecule has 0 amide bonds. The van der Waals surface area contributed by atoms with Crippen LogP contribution in [0.4, 0.5) is 0 Å². The molecule has 0 aromatic rings. The molecule has 0 radical (unpaired) electrons. The Morgan fingerprint density at radius 2 is 2.23 bits per heavy atom. The van der Waals surface area contributed by atoms with Crippen molar-refractivity contribution in [2.45, 2.75) is 12.8 Å². The van der Waals surface area contributed by atoms with Crippen molar-refractivity contribution in [1.29, 1.82) is 0 Å². The number of allylic oxidation sites excluding steroid dienone is 1. The van der Waals surface area contributed by atoms with E-state index in [1.54, 1.807) is 6.08 Å². The van der Waals surface area contributed by atoms with Gasteiger partial charge in [-0.3, -0.25) is 4.79 Å². The fraction of sp³-hybridized carbons (Fsp3) is 0.700. The Morgan fingerprint density at radius 3 is 2.62 bits per heavy atom. The van der Waals surface area contributed by atoms with Gasteiger partial charge in [-0.2, -0.15) is 0 Å². The average molecular weight is 185 g/mol. The highest BCUT2D eigenvalue weighted by molar-refractivity contribution is 5.72. The van der Waals surface area contributed by atoms with E-state index in [1.807, 2.05) is 14.1 Å². The number of nitrogens with zero attached hydrogens (tertiary/aromatic N) is 1. The molecule has 1 unspecified atom stereocenters. The summed E-state index contributed by atoms with van der Waals surface area (Å²) in [5, 5.41) is 0. The van der Waals surface area contributed by atoms with E-state index in [4.69, 9.17) is 4.74 Å². The first-order valence-electron chi connectivity index (χ1n) is 4.45. The minimum Gasteiger partial charge on any atom is -0.469 e. The Labute approximate surface area is 80.4 Å². The summed E-state index contributed by atoms with van der Waals surface area (Å²) >= 11 is 0. The molecule has 0 spiro atoms. The van der Waals surface area contributed by atoms with Gasteiger partial charge >= 0.3 is 5.97 Å². The van der Waals surface area contributed by atoms with E-state index in [0.717, 1.165) is 13.0 Å². The third kappa shape index (κ3) is 5.42. The number of esters is 1. The second kappa shape index (κ2) is 6.66. The van der Waals surface area contributed by atoms with Gasteiger partial charge < -0.3 is 9.64 Å². The van der Waals surface area contributed by atoms with Crippen LogP contribution >= 0.6 is 0 Å². The van der Waals surface area contributed by atoms with Crippen molar-refractivity contribution in [3.8, 4) is 0 Å². The van der Waals surface area contributed by atoms with E-state index in [0.29, 0.717) is 6.42 Å². The molecule has 13 heavy (non-hydrogen) atoms. The molecule has 0 saturated carbocycles. The third-order valence-corrected chi connectivity index (χ3v) is 1.91. The molecule has 1 atom stereocenters. The van der Waals surface area contributed by atoms with Crippen LogP contribution < -0.4 is 0 Å². The standard InChI is InChI=1S/C10H19NO2/c1-5-6-9(10(12)13-4)7-8-11(2)3/h5,9H,1,6-8H2,2-4H3. The molecular formula is C10H19NO2. The lowest BCUT2D eigenvalue weighted by atomic mass is 10.0. The highest BCUT2D eigenvalue weighted by Gasteiger charge is 2.16. The molecule has 0 rings (SSSR count). The zero-order valence-corrected chi connectivity index (χ0v) is 8.75. The highest BCUT2D eigenvalue weighted by Crippen LogP contribution is 2.11. The first kappa shape index (κ1) is 12.2. The van der Waals surface area contributed by atoms with Gasteiger partial charge in [0, 0.05) is 0 Å². The second-order valence-corrected chi connectivity index (χ2v) is 3.34. The van der Waals surface area contributed by atoms with Crippen LogP contribution in [0.25, 0.3) is 0 Å². The SMILES string of the molecule is C=CCC(CCN(C)C)C(=O)OC. The molecule has 76 valence electrons. The summed E-state index contributed by atoms with van der Waals surface area (Å²) in [6.07, 6.45) is 3.28. The minimum absolute atomic E-state index is 0.0371. The molecule has 0 aromatic heterocycles. The van der Waals surface area contributed by atoms with Crippen LogP contribution in [0.5, 0.6) is 0 Å². The zero-order valence-electron chi connectivity index (χ0n) is 8.75. The fourth-order valence-corrected chi connectivity index (χ4v) is 1.11. The van der Waals surface area contributed by atoms with E-state index in [9.17, 15) is 4.79 Å². The Morgan fingerprint density at radius 1 is 1.62 bits per heavy atom. The fourth-order valence-electron chi connectivity index (χ4n) is 1.11. The van der Waals surface area contributed by atoms with Crippen LogP contribution in [0.1, 0.15) is 12.8 Å². The molecule has 3 heteroatoms. The van der Waals surface area contributed by atoms with E-state index in [-0.39, 0.29) is 11.9 Å². The smallest absolute Gasteiger partial charge is 0.309 e. The molecule has 0 aromatic carbocycles. The zero-order chi connectivity index (χ0) is 10.3. The summed E-state index contributed by atoms with van der Waals surface area (Å²) < 4.78 is 4.69. The molecule has 0 aliphatic rings. The Balaban J connectivity index is 3.93. The number of carbonyl (C=O) groups is 1. The lowest BCUT2D eigenvalue weighted by molar-refractivity contribution is -0.145. The maximum atomic E-state index is 11.2. The van der Waals surface area contributed by atoms with Gasteiger partial charge in [-0.05, 0) is 33.5 Å². The highest BCUT2D eigenvalue weighted by atomic mass is 16.5. The molecule has 0 fully saturated rings. The summed E-state index contributed by atoms with van der Waals surface area (Å²) in [6.45, 7) is 4.52. The van der Waals surface area contributed by atoms with Gasteiger partial charge in [0.15, 0.2) is 0 Å². The van der Waals surface area contributed by atoms with Crippen molar-refractivity contribution in [2.75, 3.05) is 27.7 Å². The van der Waals surface area contributed by atoms with Crippen LogP contribution in [-0.2, 0) is 9.53 Å². The van der Waals surface area contributed by atoms with Gasteiger partial charge in [-0.25, -0.2) is 0 Å². The van der Waals surface area contributed by atoms with E-state index in [1.165, 1.54) is 7.11 Å². The molecule has 0 saturated heterocycles. The van der Waals surface area contributed by atoms with Crippen molar-refractivity contribution in [1.82, 2.24) is 4.90 Å². The topological polar surface area (TPSA) is 29.5 Å². The molecule has 0 aliphatic carbocycles. The molecule has 3 nitrogen and oxygen atoms in total. The summed E-state index contributed by atoms with van der Waals surface area (Å²) in [6, 6.07) is 0. The quantitative estimate of drug-likeness (QED) is 0.461. The third-order valence-electron chi connectivity index (χ3n) is 1.91. The van der Waals surface area contributed by atoms with E-state index in [2.05, 4.69) is 11.5 Å². The summed E-state index contributed by atoms with van der Waals surface area (Å²) in [7, 11) is 5.40. The molecule has 0 heterocycles. The Hall–Kier alpha value is -0.830. The predicted octanol–water partition coefficient (Wildman–Crippen LogP) is 1.30. The minimum atomic E-state index is -0.137. The Kier molecular flexibility index (Phi) is 6.24. The van der Waals surface area contributed by atoms with Crippen molar-refractivity contribution in [3.05, 3.63) is 12.7 Å². The van der Waals surface area contributed by atoms with E-state index >= 15 is 0 Å². The van der Waals surface area contributed by atoms with Crippen LogP contribution in [0.3, 0.4) is 0 Å². The van der Waals surface area contributed by atoms with Crippen molar-refractivity contribution < 1.29 is 9.53 Å². The number of carbonyl (C=O) groups excluding carboxylic acids is 1.